The predicted molar refractivity (Wildman–Crippen MR) is 135 cm³/mol. The zero-order valence-corrected chi connectivity index (χ0v) is 21.2. The minimum Gasteiger partial charge on any atom is -0.496 e. The lowest BCUT2D eigenvalue weighted by molar-refractivity contribution is -0.120. The number of esters is 1. The van der Waals surface area contributed by atoms with E-state index in [1.54, 1.807) is 26.5 Å². The lowest BCUT2D eigenvalue weighted by Gasteiger charge is -2.27. The fourth-order valence-electron chi connectivity index (χ4n) is 4.20. The van der Waals surface area contributed by atoms with Crippen LogP contribution < -0.4 is 10.1 Å². The van der Waals surface area contributed by atoms with Crippen molar-refractivity contribution in [2.45, 2.75) is 83.8 Å². The predicted octanol–water partition coefficient (Wildman–Crippen LogP) is 5.75. The Labute approximate surface area is 204 Å². The van der Waals surface area contributed by atoms with Crippen LogP contribution in [-0.2, 0) is 20.7 Å². The summed E-state index contributed by atoms with van der Waals surface area (Å²) in [7, 11) is 3.26. The second-order valence-corrected chi connectivity index (χ2v) is 8.94. The maximum atomic E-state index is 13.2. The van der Waals surface area contributed by atoms with Gasteiger partial charge in [0.05, 0.1) is 13.2 Å². The van der Waals surface area contributed by atoms with E-state index in [0.717, 1.165) is 37.7 Å². The summed E-state index contributed by atoms with van der Waals surface area (Å²) in [5, 5.41) is 2.83. The van der Waals surface area contributed by atoms with Gasteiger partial charge in [0, 0.05) is 26.4 Å². The standard InChI is InChI=1S/C28H41NO5/c1-5-6-7-8-18-26(30)29-19-12-16-23-20-25(33-4)21(2)13-9-10-14-22-15-11-17-24(32-3)27(22)28(31)34-23/h9-12,15,17,19,21,23,25H,5-8,13-14,16,18,20H2,1-4H3,(H,29,30)/t21-,23?,25+/m0/s1. The van der Waals surface area contributed by atoms with Crippen LogP contribution in [-0.4, -0.2) is 38.3 Å². The molecule has 1 heterocycles. The summed E-state index contributed by atoms with van der Waals surface area (Å²) in [5.74, 6) is 0.395. The topological polar surface area (TPSA) is 73.9 Å². The first kappa shape index (κ1) is 27.6. The molecule has 0 saturated carbocycles. The molecule has 3 atom stereocenters. The summed E-state index contributed by atoms with van der Waals surface area (Å²) in [6.45, 7) is 4.30. The summed E-state index contributed by atoms with van der Waals surface area (Å²) in [6.07, 6.45) is 14.7. The van der Waals surface area contributed by atoms with Crippen molar-refractivity contribution in [1.82, 2.24) is 5.32 Å². The van der Waals surface area contributed by atoms with Gasteiger partial charge in [0.15, 0.2) is 0 Å². The SMILES string of the molecule is CCCCCCC(=O)NC=CCC1C[C@@H](OC)[C@@H](C)CC=CCc2cccc(OC)c2C(=O)O1. The van der Waals surface area contributed by atoms with Crippen molar-refractivity contribution < 1.29 is 23.8 Å². The van der Waals surface area contributed by atoms with E-state index in [1.807, 2.05) is 18.2 Å². The van der Waals surface area contributed by atoms with E-state index in [9.17, 15) is 9.59 Å². The Morgan fingerprint density at radius 1 is 1.21 bits per heavy atom. The molecule has 1 amide bonds. The van der Waals surface area contributed by atoms with Crippen molar-refractivity contribution in [1.29, 1.82) is 0 Å². The van der Waals surface area contributed by atoms with Crippen LogP contribution in [0.15, 0.2) is 42.6 Å². The van der Waals surface area contributed by atoms with E-state index in [2.05, 4.69) is 31.3 Å². The Morgan fingerprint density at radius 2 is 2.03 bits per heavy atom. The molecule has 0 aromatic heterocycles. The van der Waals surface area contributed by atoms with Crippen LogP contribution in [0.4, 0.5) is 0 Å². The molecule has 1 N–H and O–H groups in total. The Balaban J connectivity index is 2.13. The van der Waals surface area contributed by atoms with Crippen LogP contribution >= 0.6 is 0 Å². The fraction of sp³-hybridized carbons (Fsp3) is 0.571. The van der Waals surface area contributed by atoms with Gasteiger partial charge in [-0.15, -0.1) is 0 Å². The van der Waals surface area contributed by atoms with Gasteiger partial charge in [0.2, 0.25) is 5.91 Å². The number of nitrogens with one attached hydrogen (secondary N) is 1. The molecule has 6 heteroatoms. The highest BCUT2D eigenvalue weighted by atomic mass is 16.5. The van der Waals surface area contributed by atoms with Crippen LogP contribution in [0.25, 0.3) is 0 Å². The number of rotatable bonds is 10. The van der Waals surface area contributed by atoms with Gasteiger partial charge in [0.1, 0.15) is 17.4 Å². The molecule has 6 nitrogen and oxygen atoms in total. The molecule has 0 fully saturated rings. The first-order valence-electron chi connectivity index (χ1n) is 12.5. The number of ether oxygens (including phenoxy) is 3. The number of carbonyl (C=O) groups is 2. The van der Waals surface area contributed by atoms with E-state index in [0.29, 0.717) is 37.0 Å². The number of hydrogen-bond acceptors (Lipinski definition) is 5. The van der Waals surface area contributed by atoms with Gasteiger partial charge in [0.25, 0.3) is 0 Å². The lowest BCUT2D eigenvalue weighted by Crippen LogP contribution is -2.29. The maximum absolute atomic E-state index is 13.2. The number of cyclic esters (lactones) is 1. The highest BCUT2D eigenvalue weighted by Gasteiger charge is 2.26. The van der Waals surface area contributed by atoms with Crippen LogP contribution in [0.2, 0.25) is 0 Å². The Morgan fingerprint density at radius 3 is 2.76 bits per heavy atom. The van der Waals surface area contributed by atoms with Crippen LogP contribution in [0.3, 0.4) is 0 Å². The molecule has 188 valence electrons. The molecule has 1 aliphatic rings. The lowest BCUT2D eigenvalue weighted by atomic mass is 9.93. The molecular formula is C28H41NO5. The molecule has 0 bridgehead atoms. The van der Waals surface area contributed by atoms with Crippen molar-refractivity contribution in [2.24, 2.45) is 5.92 Å². The number of hydrogen-bond donors (Lipinski definition) is 1. The second kappa shape index (κ2) is 15.3. The van der Waals surface area contributed by atoms with Gasteiger partial charge in [-0.25, -0.2) is 4.79 Å². The quantitative estimate of drug-likeness (QED) is 0.267. The van der Waals surface area contributed by atoms with Gasteiger partial charge in [-0.1, -0.05) is 63.5 Å². The summed E-state index contributed by atoms with van der Waals surface area (Å²) in [4.78, 5) is 25.3. The van der Waals surface area contributed by atoms with Gasteiger partial charge in [-0.2, -0.15) is 0 Å². The zero-order valence-electron chi connectivity index (χ0n) is 21.2. The first-order chi connectivity index (χ1) is 16.5. The monoisotopic (exact) mass is 471 g/mol. The Bertz CT molecular complexity index is 832. The normalized spacial score (nSPS) is 21.3. The molecule has 1 aromatic carbocycles. The number of carbonyl (C=O) groups excluding carboxylic acids is 2. The Kier molecular flexibility index (Phi) is 12.5. The molecule has 1 aliphatic heterocycles. The molecule has 0 aliphatic carbocycles. The highest BCUT2D eigenvalue weighted by molar-refractivity contribution is 5.94. The fourth-order valence-corrected chi connectivity index (χ4v) is 4.20. The van der Waals surface area contributed by atoms with Crippen LogP contribution in [0.1, 0.15) is 81.1 Å². The number of methoxy groups -OCH3 is 2. The summed E-state index contributed by atoms with van der Waals surface area (Å²) >= 11 is 0. The number of unbranched alkanes of at least 4 members (excludes halogenated alkanes) is 3. The van der Waals surface area contributed by atoms with Crippen molar-refractivity contribution in [3.05, 3.63) is 53.8 Å². The number of benzene rings is 1. The Hall–Kier alpha value is -2.60. The highest BCUT2D eigenvalue weighted by Crippen LogP contribution is 2.27. The van der Waals surface area contributed by atoms with Crippen molar-refractivity contribution in [3.63, 3.8) is 0 Å². The molecule has 2 rings (SSSR count). The van der Waals surface area contributed by atoms with Gasteiger partial charge < -0.3 is 19.5 Å². The molecular weight excluding hydrogens is 430 g/mol. The summed E-state index contributed by atoms with van der Waals surface area (Å²) < 4.78 is 17.2. The third-order valence-electron chi connectivity index (χ3n) is 6.27. The van der Waals surface area contributed by atoms with Gasteiger partial charge in [-0.05, 0) is 43.0 Å². The molecule has 34 heavy (non-hydrogen) atoms. The molecule has 0 saturated heterocycles. The van der Waals surface area contributed by atoms with E-state index in [4.69, 9.17) is 14.2 Å². The van der Waals surface area contributed by atoms with E-state index in [1.165, 1.54) is 0 Å². The third-order valence-corrected chi connectivity index (χ3v) is 6.27. The number of amides is 1. The van der Waals surface area contributed by atoms with Gasteiger partial charge in [-0.3, -0.25) is 4.79 Å². The molecule has 1 unspecified atom stereocenters. The maximum Gasteiger partial charge on any atom is 0.342 e. The van der Waals surface area contributed by atoms with E-state index in [-0.39, 0.29) is 17.9 Å². The molecule has 1 aromatic rings. The second-order valence-electron chi connectivity index (χ2n) is 8.94. The van der Waals surface area contributed by atoms with Crippen molar-refractivity contribution >= 4 is 11.9 Å². The van der Waals surface area contributed by atoms with Crippen molar-refractivity contribution in [2.75, 3.05) is 14.2 Å². The third kappa shape index (κ3) is 8.98. The minimum atomic E-state index is -0.401. The van der Waals surface area contributed by atoms with E-state index >= 15 is 0 Å². The number of fused-ring (bicyclic) bond motifs is 1. The van der Waals surface area contributed by atoms with E-state index < -0.39 is 12.1 Å². The average molecular weight is 472 g/mol. The smallest absolute Gasteiger partial charge is 0.342 e. The van der Waals surface area contributed by atoms with Crippen LogP contribution in [0.5, 0.6) is 5.75 Å². The van der Waals surface area contributed by atoms with Gasteiger partial charge >= 0.3 is 5.97 Å². The molecule has 0 spiro atoms. The summed E-state index contributed by atoms with van der Waals surface area (Å²) in [5.41, 5.74) is 1.34. The van der Waals surface area contributed by atoms with Crippen molar-refractivity contribution in [3.8, 4) is 5.75 Å². The first-order valence-corrected chi connectivity index (χ1v) is 12.5. The van der Waals surface area contributed by atoms with Crippen LogP contribution in [0, 0.1) is 5.92 Å². The minimum absolute atomic E-state index is 0.0110. The zero-order chi connectivity index (χ0) is 24.8. The summed E-state index contributed by atoms with van der Waals surface area (Å²) in [6, 6.07) is 5.60. The molecule has 0 radical (unpaired) electrons. The average Bonchev–Trinajstić information content (AvgIpc) is 2.84. The largest absolute Gasteiger partial charge is 0.496 e. The number of allylic oxidation sites excluding steroid dienone is 2.